The fourth-order valence-corrected chi connectivity index (χ4v) is 2.83. The number of hydrogen-bond donors (Lipinski definition) is 1. The summed E-state index contributed by atoms with van der Waals surface area (Å²) < 4.78 is 40.0. The van der Waals surface area contributed by atoms with Gasteiger partial charge in [-0.1, -0.05) is 5.16 Å². The molecule has 1 amide bonds. The second kappa shape index (κ2) is 8.56. The number of aromatic nitrogens is 1. The van der Waals surface area contributed by atoms with E-state index in [0.717, 1.165) is 16.3 Å². The second-order valence-electron chi connectivity index (χ2n) is 5.44. The Morgan fingerprint density at radius 1 is 1.27 bits per heavy atom. The number of aryl methyl sites for hydroxylation is 1. The third-order valence-corrected chi connectivity index (χ3v) is 4.43. The minimum atomic E-state index is -3.67. The van der Waals surface area contributed by atoms with E-state index >= 15 is 0 Å². The lowest BCUT2D eigenvalue weighted by atomic mass is 10.3. The Labute approximate surface area is 151 Å². The number of nitrogens with one attached hydrogen (secondary N) is 1. The highest BCUT2D eigenvalue weighted by Gasteiger charge is 2.23. The van der Waals surface area contributed by atoms with Crippen molar-refractivity contribution in [2.75, 3.05) is 37.4 Å². The van der Waals surface area contributed by atoms with Gasteiger partial charge < -0.3 is 19.3 Å². The summed E-state index contributed by atoms with van der Waals surface area (Å²) in [5.74, 6) is 1.39. The molecule has 0 bridgehead atoms. The molecule has 0 saturated carbocycles. The van der Waals surface area contributed by atoms with Gasteiger partial charge in [0.05, 0.1) is 19.9 Å². The molecule has 10 heteroatoms. The van der Waals surface area contributed by atoms with Gasteiger partial charge in [0.2, 0.25) is 15.9 Å². The van der Waals surface area contributed by atoms with Crippen LogP contribution in [0.2, 0.25) is 0 Å². The summed E-state index contributed by atoms with van der Waals surface area (Å²) in [7, 11) is -2.10. The molecule has 1 aromatic heterocycles. The van der Waals surface area contributed by atoms with Crippen LogP contribution < -0.4 is 19.1 Å². The van der Waals surface area contributed by atoms with Gasteiger partial charge in [-0.15, -0.1) is 0 Å². The van der Waals surface area contributed by atoms with Crippen molar-refractivity contribution in [1.82, 2.24) is 10.5 Å². The normalized spacial score (nSPS) is 11.0. The monoisotopic (exact) mass is 383 g/mol. The molecule has 0 aliphatic carbocycles. The van der Waals surface area contributed by atoms with E-state index in [-0.39, 0.29) is 19.0 Å². The largest absolute Gasteiger partial charge is 0.497 e. The highest BCUT2D eigenvalue weighted by molar-refractivity contribution is 7.92. The lowest BCUT2D eigenvalue weighted by Crippen LogP contribution is -2.41. The van der Waals surface area contributed by atoms with E-state index in [9.17, 15) is 13.2 Å². The zero-order chi connectivity index (χ0) is 19.2. The molecular formula is C16H21N3O6S. The van der Waals surface area contributed by atoms with Crippen LogP contribution in [0.4, 0.5) is 5.82 Å². The number of amides is 1. The molecule has 26 heavy (non-hydrogen) atoms. The number of nitrogens with zero attached hydrogens (tertiary/aromatic N) is 2. The first kappa shape index (κ1) is 19.6. The van der Waals surface area contributed by atoms with Gasteiger partial charge in [-0.2, -0.15) is 0 Å². The smallest absolute Gasteiger partial charge is 0.240 e. The summed E-state index contributed by atoms with van der Waals surface area (Å²) >= 11 is 0. The van der Waals surface area contributed by atoms with Crippen LogP contribution in [-0.2, 0) is 14.8 Å². The van der Waals surface area contributed by atoms with Gasteiger partial charge in [0.1, 0.15) is 30.4 Å². The van der Waals surface area contributed by atoms with E-state index < -0.39 is 22.5 Å². The second-order valence-corrected chi connectivity index (χ2v) is 7.35. The van der Waals surface area contributed by atoms with Gasteiger partial charge in [0.15, 0.2) is 5.82 Å². The number of methoxy groups -OCH3 is 1. The Bertz CT molecular complexity index is 832. The maximum absolute atomic E-state index is 12.0. The standard InChI is InChI=1S/C16H21N3O6S/c1-12-10-15(18-25-12)19(26(3,21)22)11-16(20)17-8-9-24-14-6-4-13(23-2)5-7-14/h4-7,10H,8-9,11H2,1-3H3,(H,17,20). The Morgan fingerprint density at radius 2 is 1.92 bits per heavy atom. The third-order valence-electron chi connectivity index (χ3n) is 3.31. The van der Waals surface area contributed by atoms with Crippen LogP contribution in [0.15, 0.2) is 34.9 Å². The van der Waals surface area contributed by atoms with Crippen LogP contribution in [0.5, 0.6) is 11.5 Å². The van der Waals surface area contributed by atoms with E-state index in [4.69, 9.17) is 14.0 Å². The van der Waals surface area contributed by atoms with E-state index in [1.807, 2.05) is 0 Å². The van der Waals surface area contributed by atoms with E-state index in [2.05, 4.69) is 10.5 Å². The SMILES string of the molecule is COc1ccc(OCCNC(=O)CN(c2cc(C)on2)S(C)(=O)=O)cc1. The Morgan fingerprint density at radius 3 is 2.46 bits per heavy atom. The number of anilines is 1. The molecule has 142 valence electrons. The summed E-state index contributed by atoms with van der Waals surface area (Å²) in [5, 5.41) is 6.24. The highest BCUT2D eigenvalue weighted by atomic mass is 32.2. The first-order valence-corrected chi connectivity index (χ1v) is 9.59. The van der Waals surface area contributed by atoms with Crippen LogP contribution >= 0.6 is 0 Å². The van der Waals surface area contributed by atoms with Gasteiger partial charge in [-0.25, -0.2) is 12.7 Å². The number of carbonyl (C=O) groups excluding carboxylic acids is 1. The highest BCUT2D eigenvalue weighted by Crippen LogP contribution is 2.17. The van der Waals surface area contributed by atoms with Crippen molar-refractivity contribution in [3.8, 4) is 11.5 Å². The minimum Gasteiger partial charge on any atom is -0.497 e. The number of benzene rings is 1. The minimum absolute atomic E-state index is 0.0645. The zero-order valence-electron chi connectivity index (χ0n) is 14.8. The summed E-state index contributed by atoms with van der Waals surface area (Å²) in [6.45, 7) is 1.70. The number of ether oxygens (including phenoxy) is 2. The topological polar surface area (TPSA) is 111 Å². The number of sulfonamides is 1. The lowest BCUT2D eigenvalue weighted by Gasteiger charge is -2.18. The summed E-state index contributed by atoms with van der Waals surface area (Å²) in [6.07, 6.45) is 0.997. The molecule has 0 saturated heterocycles. The lowest BCUT2D eigenvalue weighted by molar-refractivity contribution is -0.119. The molecule has 0 fully saturated rings. The zero-order valence-corrected chi connectivity index (χ0v) is 15.6. The summed E-state index contributed by atoms with van der Waals surface area (Å²) in [5.41, 5.74) is 0. The molecule has 9 nitrogen and oxygen atoms in total. The van der Waals surface area contributed by atoms with Gasteiger partial charge >= 0.3 is 0 Å². The molecule has 0 spiro atoms. The first-order valence-electron chi connectivity index (χ1n) is 7.74. The van der Waals surface area contributed by atoms with E-state index in [1.54, 1.807) is 38.3 Å². The average Bonchev–Trinajstić information content (AvgIpc) is 3.02. The van der Waals surface area contributed by atoms with Crippen molar-refractivity contribution in [2.45, 2.75) is 6.92 Å². The molecule has 0 radical (unpaired) electrons. The summed E-state index contributed by atoms with van der Waals surface area (Å²) in [4.78, 5) is 12.0. The van der Waals surface area contributed by atoms with E-state index in [1.165, 1.54) is 6.07 Å². The summed E-state index contributed by atoms with van der Waals surface area (Å²) in [6, 6.07) is 8.47. The van der Waals surface area contributed by atoms with Crippen LogP contribution in [0.3, 0.4) is 0 Å². The van der Waals surface area contributed by atoms with Crippen molar-refractivity contribution in [1.29, 1.82) is 0 Å². The molecule has 0 atom stereocenters. The van der Waals surface area contributed by atoms with E-state index in [0.29, 0.717) is 11.5 Å². The number of rotatable bonds is 9. The Hall–Kier alpha value is -2.75. The molecular weight excluding hydrogens is 362 g/mol. The number of hydrogen-bond acceptors (Lipinski definition) is 7. The Balaban J connectivity index is 1.82. The average molecular weight is 383 g/mol. The molecule has 0 aliphatic heterocycles. The van der Waals surface area contributed by atoms with Gasteiger partial charge in [-0.3, -0.25) is 4.79 Å². The van der Waals surface area contributed by atoms with Crippen molar-refractivity contribution in [2.24, 2.45) is 0 Å². The van der Waals surface area contributed by atoms with Crippen LogP contribution in [0.1, 0.15) is 5.76 Å². The quantitative estimate of drug-likeness (QED) is 0.642. The van der Waals surface area contributed by atoms with Gasteiger partial charge in [0, 0.05) is 6.07 Å². The predicted molar refractivity (Wildman–Crippen MR) is 94.9 cm³/mol. The number of carbonyl (C=O) groups is 1. The maximum atomic E-state index is 12.0. The van der Waals surface area contributed by atoms with Crippen molar-refractivity contribution < 1.29 is 27.2 Å². The predicted octanol–water partition coefficient (Wildman–Crippen LogP) is 0.953. The third kappa shape index (κ3) is 5.66. The molecule has 1 heterocycles. The fraction of sp³-hybridized carbons (Fsp3) is 0.375. The van der Waals surface area contributed by atoms with Crippen molar-refractivity contribution in [3.63, 3.8) is 0 Å². The van der Waals surface area contributed by atoms with Crippen molar-refractivity contribution in [3.05, 3.63) is 36.1 Å². The maximum Gasteiger partial charge on any atom is 0.240 e. The van der Waals surface area contributed by atoms with Crippen LogP contribution in [0.25, 0.3) is 0 Å². The van der Waals surface area contributed by atoms with Crippen molar-refractivity contribution >= 4 is 21.7 Å². The van der Waals surface area contributed by atoms with Gasteiger partial charge in [0.25, 0.3) is 0 Å². The van der Waals surface area contributed by atoms with Gasteiger partial charge in [-0.05, 0) is 31.2 Å². The van der Waals surface area contributed by atoms with Crippen LogP contribution in [0, 0.1) is 6.92 Å². The molecule has 2 rings (SSSR count). The molecule has 2 aromatic rings. The first-order chi connectivity index (χ1) is 12.3. The van der Waals surface area contributed by atoms with Crippen LogP contribution in [-0.4, -0.2) is 52.5 Å². The fourth-order valence-electron chi connectivity index (χ4n) is 2.06. The molecule has 0 unspecified atom stereocenters. The molecule has 1 N–H and O–H groups in total. The molecule has 0 aliphatic rings. The molecule has 1 aromatic carbocycles. The Kier molecular flexibility index (Phi) is 6.45.